The number of nitrogens with zero attached hydrogens (tertiary/aromatic N) is 1. The minimum Gasteiger partial charge on any atom is -0.366 e. The molecule has 0 aliphatic heterocycles. The Morgan fingerprint density at radius 1 is 1.64 bits per heavy atom. The van der Waals surface area contributed by atoms with Crippen LogP contribution in [0.4, 0.5) is 10.1 Å². The molecule has 14 heavy (non-hydrogen) atoms. The molecule has 3 N–H and O–H groups in total. The van der Waals surface area contributed by atoms with Gasteiger partial charge in [-0.3, -0.25) is 14.8 Å². The summed E-state index contributed by atoms with van der Waals surface area (Å²) < 4.78 is 13.2. The van der Waals surface area contributed by atoms with Crippen LogP contribution in [0, 0.1) is 5.82 Å². The van der Waals surface area contributed by atoms with Crippen molar-refractivity contribution < 1.29 is 19.2 Å². The van der Waals surface area contributed by atoms with Crippen molar-refractivity contribution >= 4 is 11.6 Å². The van der Waals surface area contributed by atoms with Gasteiger partial charge in [0.1, 0.15) is 5.69 Å². The lowest BCUT2D eigenvalue weighted by Crippen LogP contribution is -2.18. The zero-order valence-corrected chi connectivity index (χ0v) is 7.40. The molecule has 0 saturated heterocycles. The topological polar surface area (TPSA) is 75.8 Å². The van der Waals surface area contributed by atoms with Crippen LogP contribution in [0.1, 0.15) is 10.4 Å². The number of rotatable bonds is 3. The van der Waals surface area contributed by atoms with E-state index in [9.17, 15) is 9.18 Å². The summed E-state index contributed by atoms with van der Waals surface area (Å²) in [4.78, 5) is 15.0. The van der Waals surface area contributed by atoms with Gasteiger partial charge < -0.3 is 5.73 Å². The first-order valence-electron chi connectivity index (χ1n) is 3.68. The van der Waals surface area contributed by atoms with Gasteiger partial charge in [-0.2, -0.15) is 0 Å². The molecule has 0 aliphatic rings. The highest BCUT2D eigenvalue weighted by molar-refractivity contribution is 5.93. The van der Waals surface area contributed by atoms with Gasteiger partial charge in [0.15, 0.2) is 5.82 Å². The zero-order valence-electron chi connectivity index (χ0n) is 7.40. The van der Waals surface area contributed by atoms with Crippen LogP contribution >= 0.6 is 0 Å². The average Bonchev–Trinajstić information content (AvgIpc) is 2.16. The van der Waals surface area contributed by atoms with Gasteiger partial charge in [0, 0.05) is 5.56 Å². The largest absolute Gasteiger partial charge is 0.366 e. The number of primary amides is 1. The van der Waals surface area contributed by atoms with Crippen molar-refractivity contribution in [2.24, 2.45) is 5.73 Å². The van der Waals surface area contributed by atoms with Crippen molar-refractivity contribution in [2.45, 2.75) is 0 Å². The second-order valence-electron chi connectivity index (χ2n) is 2.49. The van der Waals surface area contributed by atoms with E-state index in [0.717, 1.165) is 6.07 Å². The molecule has 76 valence electrons. The summed E-state index contributed by atoms with van der Waals surface area (Å²) in [5.74, 6) is -1.54. The first kappa shape index (κ1) is 10.4. The van der Waals surface area contributed by atoms with E-state index in [2.05, 4.69) is 4.84 Å². The quantitative estimate of drug-likeness (QED) is 0.703. The zero-order chi connectivity index (χ0) is 10.7. The fourth-order valence-corrected chi connectivity index (χ4v) is 0.914. The molecule has 5 nitrogen and oxygen atoms in total. The van der Waals surface area contributed by atoms with E-state index in [1.54, 1.807) is 0 Å². The molecule has 0 unspecified atom stereocenters. The molecule has 0 radical (unpaired) electrons. The lowest BCUT2D eigenvalue weighted by molar-refractivity contribution is -0.0125. The highest BCUT2D eigenvalue weighted by Crippen LogP contribution is 2.18. The fraction of sp³-hybridized carbons (Fsp3) is 0.125. The maximum absolute atomic E-state index is 13.2. The second-order valence-corrected chi connectivity index (χ2v) is 2.49. The number of halogens is 1. The van der Waals surface area contributed by atoms with Crippen molar-refractivity contribution in [2.75, 3.05) is 12.3 Å². The molecule has 0 bridgehead atoms. The molecule has 0 aliphatic carbocycles. The van der Waals surface area contributed by atoms with Crippen molar-refractivity contribution in [1.82, 2.24) is 0 Å². The molecular formula is C8H9FN2O3. The predicted octanol–water partition coefficient (Wildman–Crippen LogP) is 0.682. The van der Waals surface area contributed by atoms with Crippen LogP contribution in [0.5, 0.6) is 0 Å². The van der Waals surface area contributed by atoms with E-state index in [-0.39, 0.29) is 16.5 Å². The van der Waals surface area contributed by atoms with Crippen LogP contribution in [-0.4, -0.2) is 18.2 Å². The Labute approximate surface area is 79.4 Å². The van der Waals surface area contributed by atoms with Gasteiger partial charge in [0.05, 0.1) is 7.11 Å². The molecule has 1 aromatic rings. The smallest absolute Gasteiger partial charge is 0.248 e. The third kappa shape index (κ3) is 1.98. The third-order valence-corrected chi connectivity index (χ3v) is 1.61. The van der Waals surface area contributed by atoms with E-state index in [4.69, 9.17) is 10.9 Å². The van der Waals surface area contributed by atoms with Crippen LogP contribution in [0.25, 0.3) is 0 Å². The molecular weight excluding hydrogens is 191 g/mol. The average molecular weight is 200 g/mol. The van der Waals surface area contributed by atoms with Crippen molar-refractivity contribution in [1.29, 1.82) is 0 Å². The number of benzene rings is 1. The van der Waals surface area contributed by atoms with Crippen LogP contribution < -0.4 is 11.0 Å². The molecule has 1 aromatic carbocycles. The van der Waals surface area contributed by atoms with Gasteiger partial charge in [-0.05, 0) is 18.2 Å². The molecule has 0 saturated carbocycles. The van der Waals surface area contributed by atoms with Gasteiger partial charge in [0.25, 0.3) is 0 Å². The molecule has 1 rings (SSSR count). The van der Waals surface area contributed by atoms with Crippen molar-refractivity contribution in [3.63, 3.8) is 0 Å². The molecule has 0 spiro atoms. The van der Waals surface area contributed by atoms with Gasteiger partial charge in [-0.25, -0.2) is 4.39 Å². The number of anilines is 1. The molecule has 0 fully saturated rings. The Balaban J connectivity index is 3.07. The summed E-state index contributed by atoms with van der Waals surface area (Å²) in [6, 6.07) is 3.38. The summed E-state index contributed by atoms with van der Waals surface area (Å²) in [5.41, 5.74) is 4.76. The van der Waals surface area contributed by atoms with E-state index < -0.39 is 11.7 Å². The van der Waals surface area contributed by atoms with Crippen molar-refractivity contribution in [3.8, 4) is 0 Å². The Morgan fingerprint density at radius 2 is 2.29 bits per heavy atom. The number of hydrogen-bond acceptors (Lipinski definition) is 4. The summed E-state index contributed by atoms with van der Waals surface area (Å²) in [7, 11) is 1.17. The maximum atomic E-state index is 13.2. The minimum absolute atomic E-state index is 0.0238. The van der Waals surface area contributed by atoms with Crippen LogP contribution in [0.15, 0.2) is 18.2 Å². The molecule has 0 aromatic heterocycles. The van der Waals surface area contributed by atoms with E-state index in [1.807, 2.05) is 0 Å². The summed E-state index contributed by atoms with van der Waals surface area (Å²) >= 11 is 0. The molecule has 0 heterocycles. The first-order chi connectivity index (χ1) is 6.56. The normalized spacial score (nSPS) is 9.93. The van der Waals surface area contributed by atoms with Gasteiger partial charge in [-0.1, -0.05) is 0 Å². The van der Waals surface area contributed by atoms with Crippen LogP contribution in [0.2, 0.25) is 0 Å². The predicted molar refractivity (Wildman–Crippen MR) is 46.2 cm³/mol. The maximum Gasteiger partial charge on any atom is 0.248 e. The number of hydrogen-bond donors (Lipinski definition) is 2. The third-order valence-electron chi connectivity index (χ3n) is 1.61. The van der Waals surface area contributed by atoms with Gasteiger partial charge in [0.2, 0.25) is 5.91 Å². The Bertz CT molecular complexity index is 356. The van der Waals surface area contributed by atoms with E-state index in [1.165, 1.54) is 19.2 Å². The van der Waals surface area contributed by atoms with E-state index >= 15 is 0 Å². The lowest BCUT2D eigenvalue weighted by Gasteiger charge is -2.13. The Kier molecular flexibility index (Phi) is 3.00. The second kappa shape index (κ2) is 4.03. The van der Waals surface area contributed by atoms with Gasteiger partial charge in [-0.15, -0.1) is 5.23 Å². The summed E-state index contributed by atoms with van der Waals surface area (Å²) in [5, 5.41) is 9.24. The highest BCUT2D eigenvalue weighted by atomic mass is 19.1. The molecule has 1 amide bonds. The fourth-order valence-electron chi connectivity index (χ4n) is 0.914. The van der Waals surface area contributed by atoms with E-state index in [0.29, 0.717) is 0 Å². The van der Waals surface area contributed by atoms with Crippen molar-refractivity contribution in [3.05, 3.63) is 29.6 Å². The number of amides is 1. The lowest BCUT2D eigenvalue weighted by atomic mass is 10.2. The first-order valence-corrected chi connectivity index (χ1v) is 3.68. The number of carbonyl (C=O) groups is 1. The highest BCUT2D eigenvalue weighted by Gasteiger charge is 2.11. The monoisotopic (exact) mass is 200 g/mol. The minimum atomic E-state index is -0.800. The number of nitrogens with two attached hydrogens (primary N) is 1. The Hall–Kier alpha value is -1.66. The standard InChI is InChI=1S/C8H9FN2O3/c1-14-11(13)7-3-2-5(8(10)12)4-6(7)9/h2-4,13H,1H3,(H2,10,12). The van der Waals surface area contributed by atoms with Gasteiger partial charge >= 0.3 is 0 Å². The van der Waals surface area contributed by atoms with Crippen LogP contribution in [0.3, 0.4) is 0 Å². The summed E-state index contributed by atoms with van der Waals surface area (Å²) in [6.07, 6.45) is 0. The Morgan fingerprint density at radius 3 is 2.71 bits per heavy atom. The molecule has 6 heteroatoms. The molecule has 0 atom stereocenters. The van der Waals surface area contributed by atoms with Crippen LogP contribution in [-0.2, 0) is 4.84 Å². The SMILES string of the molecule is CON(O)c1ccc(C(N)=O)cc1F. The summed E-state index contributed by atoms with van der Waals surface area (Å²) in [6.45, 7) is 0. The number of carbonyl (C=O) groups excluding carboxylic acids is 1.